The van der Waals surface area contributed by atoms with Crippen LogP contribution in [0.1, 0.15) is 0 Å². The lowest BCUT2D eigenvalue weighted by Crippen LogP contribution is -2.44. The molecule has 7 heteroatoms. The lowest BCUT2D eigenvalue weighted by molar-refractivity contribution is 0.365. The van der Waals surface area contributed by atoms with E-state index in [0.717, 1.165) is 5.19 Å². The molecule has 5 nitrogen and oxygen atoms in total. The second kappa shape index (κ2) is 5.07. The topological polar surface area (TPSA) is 71.8 Å². The molecule has 0 saturated heterocycles. The molecule has 0 atom stereocenters. The summed E-state index contributed by atoms with van der Waals surface area (Å²) in [4.78, 5) is 4.17. The van der Waals surface area contributed by atoms with Crippen molar-refractivity contribution < 1.29 is 19.5 Å². The Morgan fingerprint density at radius 3 is 2.00 bits per heavy atom. The third-order valence-corrected chi connectivity index (χ3v) is 4.43. The van der Waals surface area contributed by atoms with Gasteiger partial charge in [-0.3, -0.25) is 0 Å². The Bertz CT molecular complexity index is 406. The Morgan fingerprint density at radius 2 is 1.65 bits per heavy atom. The molecule has 0 aromatic carbocycles. The molecule has 0 aliphatic rings. The van der Waals surface area contributed by atoms with Gasteiger partial charge in [0.1, 0.15) is 0 Å². The molecule has 0 amide bonds. The van der Waals surface area contributed by atoms with E-state index in [2.05, 4.69) is 24.6 Å². The number of hydrogen-bond acceptors (Lipinski definition) is 5. The van der Waals surface area contributed by atoms with E-state index in [1.807, 2.05) is 0 Å². The van der Waals surface area contributed by atoms with Gasteiger partial charge in [-0.25, -0.2) is 0 Å². The smallest absolute Gasteiger partial charge is 0.481 e. The molecule has 94 valence electrons. The van der Waals surface area contributed by atoms with Crippen molar-refractivity contribution in [2.24, 2.45) is 0 Å². The fourth-order valence-corrected chi connectivity index (χ4v) is 2.93. The second-order valence-electron chi connectivity index (χ2n) is 4.77. The van der Waals surface area contributed by atoms with Crippen LogP contribution in [0, 0.1) is 0 Å². The van der Waals surface area contributed by atoms with Crippen molar-refractivity contribution in [3.63, 3.8) is 0 Å². The molecule has 0 aliphatic heterocycles. The Balaban J connectivity index is 3.45. The molecule has 0 fully saturated rings. The first-order valence-electron chi connectivity index (χ1n) is 5.30. The summed E-state index contributed by atoms with van der Waals surface area (Å²) in [5.74, 6) is 0.671. The fraction of sp³-hybridized carbons (Fsp3) is 0.500. The number of nitrogens with zero attached hydrogens (tertiary/aromatic N) is 1. The summed E-state index contributed by atoms with van der Waals surface area (Å²) in [6, 6.07) is 1.71. The number of ether oxygens (including phenoxy) is 2. The summed E-state index contributed by atoms with van der Waals surface area (Å²) in [5, 5.41) is 19.5. The van der Waals surface area contributed by atoms with Crippen LogP contribution in [0.15, 0.2) is 6.07 Å². The highest BCUT2D eigenvalue weighted by Gasteiger charge is 2.28. The summed E-state index contributed by atoms with van der Waals surface area (Å²) in [7, 11) is -0.301. The van der Waals surface area contributed by atoms with Crippen molar-refractivity contribution in [2.45, 2.75) is 19.6 Å². The molecule has 0 aliphatic carbocycles. The normalized spacial score (nSPS) is 11.2. The van der Waals surface area contributed by atoms with Crippen molar-refractivity contribution in [3.05, 3.63) is 6.07 Å². The molecule has 1 heterocycles. The van der Waals surface area contributed by atoms with Crippen molar-refractivity contribution in [2.75, 3.05) is 14.2 Å². The van der Waals surface area contributed by atoms with Gasteiger partial charge in [-0.2, -0.15) is 4.98 Å². The van der Waals surface area contributed by atoms with Crippen LogP contribution in [0.2, 0.25) is 19.6 Å². The summed E-state index contributed by atoms with van der Waals surface area (Å²) < 4.78 is 10.3. The SMILES string of the molecule is COc1nc(OC)c([Si](C)(C)C)cc1B(O)O. The van der Waals surface area contributed by atoms with E-state index in [4.69, 9.17) is 9.47 Å². The second-order valence-corrected chi connectivity index (χ2v) is 9.81. The van der Waals surface area contributed by atoms with Gasteiger partial charge in [0.2, 0.25) is 11.8 Å². The molecule has 1 rings (SSSR count). The van der Waals surface area contributed by atoms with E-state index in [9.17, 15) is 10.0 Å². The summed E-state index contributed by atoms with van der Waals surface area (Å²) in [6.45, 7) is 6.39. The van der Waals surface area contributed by atoms with Crippen LogP contribution in [-0.2, 0) is 0 Å². The average Bonchev–Trinajstić information content (AvgIpc) is 2.25. The van der Waals surface area contributed by atoms with Crippen LogP contribution in [0.5, 0.6) is 11.8 Å². The van der Waals surface area contributed by atoms with Gasteiger partial charge < -0.3 is 19.5 Å². The quantitative estimate of drug-likeness (QED) is 0.698. The maximum Gasteiger partial charge on any atom is 0.493 e. The zero-order valence-corrected chi connectivity index (χ0v) is 11.8. The number of aromatic nitrogens is 1. The van der Waals surface area contributed by atoms with Gasteiger partial charge in [-0.15, -0.1) is 0 Å². The highest BCUT2D eigenvalue weighted by atomic mass is 28.3. The predicted molar refractivity (Wildman–Crippen MR) is 70.1 cm³/mol. The fourth-order valence-electron chi connectivity index (χ4n) is 1.54. The maximum absolute atomic E-state index is 9.30. The van der Waals surface area contributed by atoms with Crippen molar-refractivity contribution in [1.29, 1.82) is 0 Å². The van der Waals surface area contributed by atoms with Gasteiger partial charge in [0, 0.05) is 10.6 Å². The molecular weight excluding hydrogens is 237 g/mol. The Labute approximate surface area is 103 Å². The highest BCUT2D eigenvalue weighted by molar-refractivity contribution is 6.89. The minimum absolute atomic E-state index is 0.179. The molecule has 0 unspecified atom stereocenters. The zero-order valence-electron chi connectivity index (χ0n) is 10.8. The van der Waals surface area contributed by atoms with Crippen LogP contribution in [-0.4, -0.2) is 44.4 Å². The number of methoxy groups -OCH3 is 2. The molecule has 1 aromatic rings. The van der Waals surface area contributed by atoms with E-state index in [0.29, 0.717) is 5.88 Å². The first kappa shape index (κ1) is 14.0. The third kappa shape index (κ3) is 2.99. The third-order valence-electron chi connectivity index (χ3n) is 2.45. The van der Waals surface area contributed by atoms with Gasteiger partial charge in [-0.05, 0) is 0 Å². The Hall–Kier alpha value is -1.05. The molecule has 0 radical (unpaired) electrons. The van der Waals surface area contributed by atoms with Crippen LogP contribution in [0.3, 0.4) is 0 Å². The van der Waals surface area contributed by atoms with E-state index < -0.39 is 15.2 Å². The summed E-state index contributed by atoms with van der Waals surface area (Å²) >= 11 is 0. The van der Waals surface area contributed by atoms with Gasteiger partial charge in [0.25, 0.3) is 0 Å². The Morgan fingerprint density at radius 1 is 1.12 bits per heavy atom. The van der Waals surface area contributed by atoms with Gasteiger partial charge in [0.05, 0.1) is 22.3 Å². The van der Waals surface area contributed by atoms with Crippen molar-refractivity contribution >= 4 is 25.8 Å². The number of pyridine rings is 1. The van der Waals surface area contributed by atoms with Crippen molar-refractivity contribution in [3.8, 4) is 11.8 Å². The van der Waals surface area contributed by atoms with Crippen molar-refractivity contribution in [1.82, 2.24) is 4.98 Å². The van der Waals surface area contributed by atoms with Crippen LogP contribution in [0.25, 0.3) is 0 Å². The highest BCUT2D eigenvalue weighted by Crippen LogP contribution is 2.15. The first-order chi connectivity index (χ1) is 7.81. The number of hydrogen-bond donors (Lipinski definition) is 2. The van der Waals surface area contributed by atoms with E-state index in [1.165, 1.54) is 7.11 Å². The molecule has 0 bridgehead atoms. The zero-order chi connectivity index (χ0) is 13.2. The molecule has 1 aromatic heterocycles. The minimum atomic E-state index is -1.68. The predicted octanol–water partition coefficient (Wildman–Crippen LogP) is -0.676. The van der Waals surface area contributed by atoms with E-state index in [-0.39, 0.29) is 11.3 Å². The summed E-state index contributed by atoms with van der Waals surface area (Å²) in [6.07, 6.45) is 0. The van der Waals surface area contributed by atoms with Crippen LogP contribution < -0.4 is 20.1 Å². The van der Waals surface area contributed by atoms with E-state index in [1.54, 1.807) is 13.2 Å². The molecule has 0 saturated carbocycles. The molecular formula is C10H18BNO4Si. The number of rotatable bonds is 4. The van der Waals surface area contributed by atoms with Gasteiger partial charge in [0.15, 0.2) is 0 Å². The largest absolute Gasteiger partial charge is 0.493 e. The van der Waals surface area contributed by atoms with E-state index >= 15 is 0 Å². The standard InChI is InChI=1S/C10H18BNO4Si/c1-15-9-7(11(13)14)6-8(17(3,4)5)10(12-9)16-2/h6,13-14H,1-5H3. The van der Waals surface area contributed by atoms with Crippen LogP contribution >= 0.6 is 0 Å². The van der Waals surface area contributed by atoms with Gasteiger partial charge >= 0.3 is 7.12 Å². The molecule has 0 spiro atoms. The maximum atomic E-state index is 9.30. The Kier molecular flexibility index (Phi) is 4.18. The van der Waals surface area contributed by atoms with Gasteiger partial charge in [-0.1, -0.05) is 25.7 Å². The first-order valence-corrected chi connectivity index (χ1v) is 8.80. The molecule has 17 heavy (non-hydrogen) atoms. The summed E-state index contributed by atoms with van der Waals surface area (Å²) in [5.41, 5.74) is 0.269. The van der Waals surface area contributed by atoms with Crippen LogP contribution in [0.4, 0.5) is 0 Å². The lowest BCUT2D eigenvalue weighted by Gasteiger charge is -2.21. The monoisotopic (exact) mass is 255 g/mol. The lowest BCUT2D eigenvalue weighted by atomic mass is 9.81. The minimum Gasteiger partial charge on any atom is -0.481 e. The average molecular weight is 255 g/mol. The molecule has 2 N–H and O–H groups in total.